The highest BCUT2D eigenvalue weighted by Crippen LogP contribution is 2.31. The molecule has 0 radical (unpaired) electrons. The fourth-order valence-corrected chi connectivity index (χ4v) is 2.02. The van der Waals surface area contributed by atoms with Crippen molar-refractivity contribution in [1.82, 2.24) is 10.3 Å². The van der Waals surface area contributed by atoms with Gasteiger partial charge in [-0.3, -0.25) is 4.79 Å². The second kappa shape index (κ2) is 8.73. The van der Waals surface area contributed by atoms with Crippen molar-refractivity contribution in [2.75, 3.05) is 39.8 Å². The molecule has 1 amide bonds. The molecule has 0 atom stereocenters. The average Bonchev–Trinajstić information content (AvgIpc) is 2.62. The van der Waals surface area contributed by atoms with Gasteiger partial charge in [0, 0.05) is 19.7 Å². The molecule has 7 nitrogen and oxygen atoms in total. The molecule has 2 N–H and O–H groups in total. The predicted molar refractivity (Wildman–Crippen MR) is 91.3 cm³/mol. The van der Waals surface area contributed by atoms with E-state index >= 15 is 0 Å². The molecule has 1 aromatic heterocycles. The zero-order chi connectivity index (χ0) is 17.4. The van der Waals surface area contributed by atoms with Gasteiger partial charge in [0.15, 0.2) is 0 Å². The van der Waals surface area contributed by atoms with Crippen molar-refractivity contribution in [1.29, 1.82) is 0 Å². The second-order valence-electron chi connectivity index (χ2n) is 4.87. The van der Waals surface area contributed by atoms with Crippen LogP contribution in [0.4, 0.5) is 11.4 Å². The van der Waals surface area contributed by atoms with Crippen molar-refractivity contribution in [3.05, 3.63) is 42.2 Å². The third kappa shape index (κ3) is 4.60. The Balaban J connectivity index is 2.05. The largest absolute Gasteiger partial charge is 0.497 e. The monoisotopic (exact) mass is 331 g/mol. The van der Waals surface area contributed by atoms with E-state index in [1.54, 1.807) is 45.7 Å². The van der Waals surface area contributed by atoms with Gasteiger partial charge in [-0.05, 0) is 24.3 Å². The molecule has 0 fully saturated rings. The van der Waals surface area contributed by atoms with Crippen LogP contribution >= 0.6 is 0 Å². The lowest BCUT2D eigenvalue weighted by atomic mass is 10.2. The van der Waals surface area contributed by atoms with Crippen LogP contribution in [0.25, 0.3) is 0 Å². The van der Waals surface area contributed by atoms with Crippen LogP contribution in [0.15, 0.2) is 36.5 Å². The van der Waals surface area contributed by atoms with Crippen molar-refractivity contribution in [2.45, 2.75) is 0 Å². The van der Waals surface area contributed by atoms with E-state index in [1.807, 2.05) is 12.1 Å². The summed E-state index contributed by atoms with van der Waals surface area (Å²) in [6, 6.07) is 8.90. The highest BCUT2D eigenvalue weighted by molar-refractivity contribution is 5.92. The first-order chi connectivity index (χ1) is 11.7. The van der Waals surface area contributed by atoms with Crippen LogP contribution in [0.2, 0.25) is 0 Å². The number of hydrogen-bond acceptors (Lipinski definition) is 6. The number of nitrogens with zero attached hydrogens (tertiary/aromatic N) is 1. The van der Waals surface area contributed by atoms with Crippen LogP contribution in [0.5, 0.6) is 11.5 Å². The molecule has 0 aliphatic rings. The van der Waals surface area contributed by atoms with E-state index in [-0.39, 0.29) is 5.91 Å². The van der Waals surface area contributed by atoms with E-state index in [0.29, 0.717) is 30.3 Å². The van der Waals surface area contributed by atoms with Gasteiger partial charge < -0.3 is 24.8 Å². The number of anilines is 2. The van der Waals surface area contributed by atoms with Crippen LogP contribution in [0.1, 0.15) is 10.5 Å². The molecule has 1 aromatic carbocycles. The number of pyridine rings is 1. The first-order valence-corrected chi connectivity index (χ1v) is 7.40. The number of aromatic nitrogens is 1. The quantitative estimate of drug-likeness (QED) is 0.722. The molecule has 0 saturated carbocycles. The molecule has 7 heteroatoms. The summed E-state index contributed by atoms with van der Waals surface area (Å²) in [5.41, 5.74) is 1.86. The van der Waals surface area contributed by atoms with Crippen molar-refractivity contribution >= 4 is 17.3 Å². The maximum atomic E-state index is 11.9. The molecular weight excluding hydrogens is 310 g/mol. The maximum Gasteiger partial charge on any atom is 0.269 e. The number of methoxy groups -OCH3 is 3. The number of amides is 1. The summed E-state index contributed by atoms with van der Waals surface area (Å²) in [6.07, 6.45) is 1.59. The lowest BCUT2D eigenvalue weighted by Gasteiger charge is -2.12. The van der Waals surface area contributed by atoms with Gasteiger partial charge in [-0.2, -0.15) is 0 Å². The zero-order valence-corrected chi connectivity index (χ0v) is 14.0. The third-order valence-corrected chi connectivity index (χ3v) is 3.28. The second-order valence-corrected chi connectivity index (χ2v) is 4.87. The minimum atomic E-state index is -0.236. The summed E-state index contributed by atoms with van der Waals surface area (Å²) in [5, 5.41) is 5.92. The van der Waals surface area contributed by atoms with E-state index in [2.05, 4.69) is 15.6 Å². The molecule has 0 saturated heterocycles. The average molecular weight is 331 g/mol. The van der Waals surface area contributed by atoms with Gasteiger partial charge in [-0.15, -0.1) is 0 Å². The first-order valence-electron chi connectivity index (χ1n) is 7.40. The molecule has 0 aliphatic carbocycles. The Morgan fingerprint density at radius 3 is 2.58 bits per heavy atom. The van der Waals surface area contributed by atoms with E-state index in [4.69, 9.17) is 14.2 Å². The van der Waals surface area contributed by atoms with Crippen LogP contribution < -0.4 is 20.1 Å². The summed E-state index contributed by atoms with van der Waals surface area (Å²) < 4.78 is 15.4. The van der Waals surface area contributed by atoms with Crippen molar-refractivity contribution in [2.24, 2.45) is 0 Å². The smallest absolute Gasteiger partial charge is 0.269 e. The number of ether oxygens (including phenoxy) is 3. The summed E-state index contributed by atoms with van der Waals surface area (Å²) >= 11 is 0. The zero-order valence-electron chi connectivity index (χ0n) is 14.0. The Labute approximate surface area is 140 Å². The van der Waals surface area contributed by atoms with Gasteiger partial charge in [-0.1, -0.05) is 0 Å². The van der Waals surface area contributed by atoms with Gasteiger partial charge in [0.25, 0.3) is 5.91 Å². The van der Waals surface area contributed by atoms with Crippen molar-refractivity contribution in [3.8, 4) is 11.5 Å². The van der Waals surface area contributed by atoms with Gasteiger partial charge in [0.05, 0.1) is 38.4 Å². The Kier molecular flexibility index (Phi) is 6.39. The fraction of sp³-hybridized carbons (Fsp3) is 0.294. The molecule has 0 aliphatic heterocycles. The van der Waals surface area contributed by atoms with Gasteiger partial charge in [0.2, 0.25) is 0 Å². The van der Waals surface area contributed by atoms with E-state index in [9.17, 15) is 4.79 Å². The molecule has 0 unspecified atom stereocenters. The Hall–Kier alpha value is -2.80. The Bertz CT molecular complexity index is 674. The number of carbonyl (C=O) groups excluding carboxylic acids is 1. The fourth-order valence-electron chi connectivity index (χ4n) is 2.02. The molecule has 0 spiro atoms. The topological polar surface area (TPSA) is 81.7 Å². The summed E-state index contributed by atoms with van der Waals surface area (Å²) in [4.78, 5) is 16.0. The highest BCUT2D eigenvalue weighted by Gasteiger charge is 2.08. The SMILES string of the molecule is COCCNC(=O)c1ccc(Nc2ccc(OC)cc2OC)cn1. The first kappa shape index (κ1) is 17.6. The number of benzene rings is 1. The van der Waals surface area contributed by atoms with Crippen LogP contribution in [0.3, 0.4) is 0 Å². The third-order valence-electron chi connectivity index (χ3n) is 3.28. The van der Waals surface area contributed by atoms with Crippen molar-refractivity contribution < 1.29 is 19.0 Å². The summed E-state index contributed by atoms with van der Waals surface area (Å²) in [6.45, 7) is 0.905. The lowest BCUT2D eigenvalue weighted by molar-refractivity contribution is 0.0932. The minimum absolute atomic E-state index is 0.236. The van der Waals surface area contributed by atoms with Gasteiger partial charge in [0.1, 0.15) is 17.2 Å². The van der Waals surface area contributed by atoms with Crippen LogP contribution in [0, 0.1) is 0 Å². The number of hydrogen-bond donors (Lipinski definition) is 2. The van der Waals surface area contributed by atoms with E-state index in [1.165, 1.54) is 0 Å². The molecule has 128 valence electrons. The number of nitrogens with one attached hydrogen (secondary N) is 2. The van der Waals surface area contributed by atoms with Crippen molar-refractivity contribution in [3.63, 3.8) is 0 Å². The van der Waals surface area contributed by atoms with E-state index < -0.39 is 0 Å². The summed E-state index contributed by atoms with van der Waals surface area (Å²) in [5.74, 6) is 1.12. The van der Waals surface area contributed by atoms with Gasteiger partial charge >= 0.3 is 0 Å². The minimum Gasteiger partial charge on any atom is -0.497 e. The molecular formula is C17H21N3O4. The maximum absolute atomic E-state index is 11.9. The normalized spacial score (nSPS) is 10.1. The standard InChI is InChI=1S/C17H21N3O4/c1-22-9-8-18-17(21)15-6-4-12(11-19-15)20-14-7-5-13(23-2)10-16(14)24-3/h4-7,10-11,20H,8-9H2,1-3H3,(H,18,21). The summed E-state index contributed by atoms with van der Waals surface area (Å²) in [7, 11) is 4.77. The molecule has 2 aromatic rings. The Morgan fingerprint density at radius 2 is 1.96 bits per heavy atom. The highest BCUT2D eigenvalue weighted by atomic mass is 16.5. The molecule has 0 bridgehead atoms. The van der Waals surface area contributed by atoms with Crippen LogP contribution in [-0.4, -0.2) is 45.4 Å². The number of rotatable bonds is 8. The lowest BCUT2D eigenvalue weighted by Crippen LogP contribution is -2.27. The Morgan fingerprint density at radius 1 is 1.12 bits per heavy atom. The van der Waals surface area contributed by atoms with Gasteiger partial charge in [-0.25, -0.2) is 4.98 Å². The predicted octanol–water partition coefficient (Wildman–Crippen LogP) is 2.22. The number of carbonyl (C=O) groups is 1. The molecule has 24 heavy (non-hydrogen) atoms. The van der Waals surface area contributed by atoms with E-state index in [0.717, 1.165) is 11.4 Å². The molecule has 2 rings (SSSR count). The van der Waals surface area contributed by atoms with Crippen LogP contribution in [-0.2, 0) is 4.74 Å². The molecule has 1 heterocycles.